The van der Waals surface area contributed by atoms with Crippen LogP contribution < -0.4 is 10.6 Å². The Morgan fingerprint density at radius 2 is 1.85 bits per heavy atom. The Bertz CT molecular complexity index is 1000. The Morgan fingerprint density at radius 1 is 1.07 bits per heavy atom. The highest BCUT2D eigenvalue weighted by atomic mass is 35.5. The number of nitrogens with one attached hydrogen (secondary N) is 2. The monoisotopic (exact) mass is 438 g/mol. The zero-order valence-corrected chi connectivity index (χ0v) is 17.8. The topological polar surface area (TPSA) is 41.9 Å². The fraction of sp³-hybridized carbons (Fsp3) is 0.158. The van der Waals surface area contributed by atoms with E-state index in [1.165, 1.54) is 5.56 Å². The Kier molecular flexibility index (Phi) is 6.27. The van der Waals surface area contributed by atoms with Gasteiger partial charge in [-0.05, 0) is 61.0 Å². The van der Waals surface area contributed by atoms with Gasteiger partial charge >= 0.3 is 0 Å². The molecule has 140 valence electrons. The third kappa shape index (κ3) is 4.93. The summed E-state index contributed by atoms with van der Waals surface area (Å²) in [6, 6.07) is 11.4. The maximum Gasteiger partial charge on any atom is 0.176 e. The molecular formula is C19H17Cl3N4S. The summed E-state index contributed by atoms with van der Waals surface area (Å²) in [5.41, 5.74) is 4.15. The maximum atomic E-state index is 6.29. The minimum Gasteiger partial charge on any atom is -0.332 e. The maximum absolute atomic E-state index is 6.29. The molecule has 1 heterocycles. The second-order valence-electron chi connectivity index (χ2n) is 6.09. The molecule has 3 rings (SSSR count). The van der Waals surface area contributed by atoms with Gasteiger partial charge in [-0.25, -0.2) is 0 Å². The highest BCUT2D eigenvalue weighted by Gasteiger charge is 2.11. The van der Waals surface area contributed by atoms with E-state index in [-0.39, 0.29) is 0 Å². The number of aryl methyl sites for hydroxylation is 1. The molecule has 0 saturated heterocycles. The molecule has 1 aromatic heterocycles. The second kappa shape index (κ2) is 8.48. The molecule has 0 unspecified atom stereocenters. The van der Waals surface area contributed by atoms with Gasteiger partial charge in [0.05, 0.1) is 6.54 Å². The Balaban J connectivity index is 1.71. The number of aromatic nitrogens is 2. The quantitative estimate of drug-likeness (QED) is 0.467. The van der Waals surface area contributed by atoms with Crippen molar-refractivity contribution in [2.24, 2.45) is 0 Å². The van der Waals surface area contributed by atoms with Crippen molar-refractivity contribution < 1.29 is 0 Å². The number of rotatable bonds is 4. The molecule has 0 amide bonds. The van der Waals surface area contributed by atoms with Gasteiger partial charge in [-0.15, -0.1) is 0 Å². The van der Waals surface area contributed by atoms with Crippen molar-refractivity contribution in [2.45, 2.75) is 20.4 Å². The molecule has 0 aliphatic rings. The van der Waals surface area contributed by atoms with Crippen LogP contribution in [0, 0.1) is 13.8 Å². The lowest BCUT2D eigenvalue weighted by Crippen LogP contribution is -2.20. The Morgan fingerprint density at radius 3 is 2.59 bits per heavy atom. The van der Waals surface area contributed by atoms with Crippen LogP contribution in [-0.4, -0.2) is 14.9 Å². The van der Waals surface area contributed by atoms with Crippen LogP contribution in [0.5, 0.6) is 0 Å². The van der Waals surface area contributed by atoms with Crippen molar-refractivity contribution in [3.63, 3.8) is 0 Å². The standard InChI is InChI=1S/C19H17Cl3N4S/c1-11-4-3-5-17(12(11)2)23-19(27)24-18-16(22)10-26(25-18)9-13-6-7-14(20)8-15(13)21/h3-8,10H,9H2,1-2H3,(H2,23,24,25,27). The predicted molar refractivity (Wildman–Crippen MR) is 119 cm³/mol. The first-order valence-corrected chi connectivity index (χ1v) is 9.69. The molecule has 0 spiro atoms. The van der Waals surface area contributed by atoms with Crippen molar-refractivity contribution in [1.82, 2.24) is 9.78 Å². The van der Waals surface area contributed by atoms with Crippen molar-refractivity contribution in [2.75, 3.05) is 10.6 Å². The molecule has 4 nitrogen and oxygen atoms in total. The van der Waals surface area contributed by atoms with Crippen LogP contribution in [-0.2, 0) is 6.54 Å². The van der Waals surface area contributed by atoms with E-state index in [9.17, 15) is 0 Å². The van der Waals surface area contributed by atoms with Crippen molar-refractivity contribution >= 4 is 63.6 Å². The van der Waals surface area contributed by atoms with E-state index in [4.69, 9.17) is 47.0 Å². The minimum atomic E-state index is 0.417. The van der Waals surface area contributed by atoms with Gasteiger partial charge in [0.2, 0.25) is 0 Å². The Hall–Kier alpha value is -1.79. The summed E-state index contributed by atoms with van der Waals surface area (Å²) in [6.07, 6.45) is 1.72. The molecular weight excluding hydrogens is 423 g/mol. The molecule has 2 N–H and O–H groups in total. The number of anilines is 2. The van der Waals surface area contributed by atoms with Crippen molar-refractivity contribution in [3.05, 3.63) is 74.4 Å². The van der Waals surface area contributed by atoms with E-state index >= 15 is 0 Å². The van der Waals surface area contributed by atoms with Crippen LogP contribution in [0.1, 0.15) is 16.7 Å². The van der Waals surface area contributed by atoms with E-state index in [2.05, 4.69) is 28.7 Å². The number of hydrogen-bond acceptors (Lipinski definition) is 2. The first-order chi connectivity index (χ1) is 12.8. The fourth-order valence-electron chi connectivity index (χ4n) is 2.53. The SMILES string of the molecule is Cc1cccc(NC(=S)Nc2nn(Cc3ccc(Cl)cc3Cl)cc2Cl)c1C. The third-order valence-corrected chi connectivity index (χ3v) is 5.22. The lowest BCUT2D eigenvalue weighted by atomic mass is 10.1. The van der Waals surface area contributed by atoms with Gasteiger partial charge < -0.3 is 10.6 Å². The fourth-order valence-corrected chi connectivity index (χ4v) is 3.41. The lowest BCUT2D eigenvalue weighted by molar-refractivity contribution is 0.690. The zero-order chi connectivity index (χ0) is 19.6. The summed E-state index contributed by atoms with van der Waals surface area (Å²) in [6.45, 7) is 4.56. The normalized spacial score (nSPS) is 10.7. The van der Waals surface area contributed by atoms with Gasteiger partial charge in [-0.3, -0.25) is 4.68 Å². The molecule has 0 saturated carbocycles. The molecule has 0 aliphatic heterocycles. The predicted octanol–water partition coefficient (Wildman–Crippen LogP) is 6.32. The van der Waals surface area contributed by atoms with E-state index in [1.54, 1.807) is 23.0 Å². The highest BCUT2D eigenvalue weighted by molar-refractivity contribution is 7.80. The molecule has 0 aliphatic carbocycles. The van der Waals surface area contributed by atoms with Crippen molar-refractivity contribution in [1.29, 1.82) is 0 Å². The van der Waals surface area contributed by atoms with Gasteiger partial charge in [-0.1, -0.05) is 53.0 Å². The van der Waals surface area contributed by atoms with E-state index in [0.717, 1.165) is 16.8 Å². The van der Waals surface area contributed by atoms with Crippen molar-refractivity contribution in [3.8, 4) is 0 Å². The van der Waals surface area contributed by atoms with Gasteiger partial charge in [0.25, 0.3) is 0 Å². The van der Waals surface area contributed by atoms with E-state index < -0.39 is 0 Å². The van der Waals surface area contributed by atoms with Crippen LogP contribution >= 0.6 is 47.0 Å². The largest absolute Gasteiger partial charge is 0.332 e. The number of hydrogen-bond donors (Lipinski definition) is 2. The van der Waals surface area contributed by atoms with Gasteiger partial charge in [0.1, 0.15) is 5.02 Å². The molecule has 0 radical (unpaired) electrons. The summed E-state index contributed by atoms with van der Waals surface area (Å²) >= 11 is 23.8. The number of nitrogens with zero attached hydrogens (tertiary/aromatic N) is 2. The minimum absolute atomic E-state index is 0.417. The molecule has 3 aromatic rings. The lowest BCUT2D eigenvalue weighted by Gasteiger charge is -2.12. The van der Waals surface area contributed by atoms with Crippen LogP contribution in [0.2, 0.25) is 15.1 Å². The first kappa shape index (κ1) is 20.0. The van der Waals surface area contributed by atoms with E-state index in [1.807, 2.05) is 25.1 Å². The summed E-state index contributed by atoms with van der Waals surface area (Å²) in [4.78, 5) is 0. The molecule has 0 fully saturated rings. The first-order valence-electron chi connectivity index (χ1n) is 8.14. The smallest absolute Gasteiger partial charge is 0.176 e. The number of halogens is 3. The number of benzene rings is 2. The van der Waals surface area contributed by atoms with Crippen LogP contribution in [0.15, 0.2) is 42.6 Å². The highest BCUT2D eigenvalue weighted by Crippen LogP contribution is 2.25. The van der Waals surface area contributed by atoms with Gasteiger partial charge in [-0.2, -0.15) is 5.10 Å². The number of thiocarbonyl (C=S) groups is 1. The molecule has 0 bridgehead atoms. The third-order valence-electron chi connectivity index (χ3n) is 4.15. The average Bonchev–Trinajstić information content (AvgIpc) is 2.94. The molecule has 0 atom stereocenters. The van der Waals surface area contributed by atoms with Gasteiger partial charge in [0.15, 0.2) is 10.9 Å². The van der Waals surface area contributed by atoms with Gasteiger partial charge in [0, 0.05) is 21.9 Å². The summed E-state index contributed by atoms with van der Waals surface area (Å²) in [7, 11) is 0. The van der Waals surface area contributed by atoms with Crippen LogP contribution in [0.3, 0.4) is 0 Å². The summed E-state index contributed by atoms with van der Waals surface area (Å²) < 4.78 is 1.69. The summed E-state index contributed by atoms with van der Waals surface area (Å²) in [5.74, 6) is 0.476. The zero-order valence-electron chi connectivity index (χ0n) is 14.7. The summed E-state index contributed by atoms with van der Waals surface area (Å²) in [5, 5.41) is 12.7. The molecule has 2 aromatic carbocycles. The average molecular weight is 440 g/mol. The Labute approximate surface area is 178 Å². The van der Waals surface area contributed by atoms with E-state index in [0.29, 0.717) is 32.5 Å². The van der Waals surface area contributed by atoms with Crippen LogP contribution in [0.4, 0.5) is 11.5 Å². The molecule has 27 heavy (non-hydrogen) atoms. The van der Waals surface area contributed by atoms with Crippen LogP contribution in [0.25, 0.3) is 0 Å². The molecule has 8 heteroatoms. The second-order valence-corrected chi connectivity index (χ2v) is 7.74.